The van der Waals surface area contributed by atoms with Crippen LogP contribution in [0, 0.1) is 0 Å². The van der Waals surface area contributed by atoms with Crippen molar-refractivity contribution in [1.82, 2.24) is 4.90 Å². The monoisotopic (exact) mass is 273 g/mol. The summed E-state index contributed by atoms with van der Waals surface area (Å²) in [7, 11) is 2.07. The van der Waals surface area contributed by atoms with Crippen molar-refractivity contribution in [2.24, 2.45) is 0 Å². The maximum Gasteiger partial charge on any atom is 0.0938 e. The summed E-state index contributed by atoms with van der Waals surface area (Å²) in [6.45, 7) is 2.98. The van der Waals surface area contributed by atoms with Gasteiger partial charge in [-0.2, -0.15) is 0 Å². The van der Waals surface area contributed by atoms with Crippen LogP contribution in [0.5, 0.6) is 0 Å². The predicted octanol–water partition coefficient (Wildman–Crippen LogP) is 3.30. The molecule has 0 aliphatic carbocycles. The molecule has 2 nitrogen and oxygen atoms in total. The van der Waals surface area contributed by atoms with Gasteiger partial charge in [-0.1, -0.05) is 35.3 Å². The van der Waals surface area contributed by atoms with Crippen molar-refractivity contribution in [1.29, 1.82) is 0 Å². The first-order valence-electron chi connectivity index (χ1n) is 5.81. The van der Waals surface area contributed by atoms with Crippen molar-refractivity contribution >= 4 is 23.2 Å². The van der Waals surface area contributed by atoms with Gasteiger partial charge in [-0.15, -0.1) is 0 Å². The summed E-state index contributed by atoms with van der Waals surface area (Å²) in [4.78, 5) is 2.24. The predicted molar refractivity (Wildman–Crippen MR) is 71.7 cm³/mol. The molecule has 1 heterocycles. The highest BCUT2D eigenvalue weighted by Gasteiger charge is 2.38. The lowest BCUT2D eigenvalue weighted by molar-refractivity contribution is -0.0407. The summed E-state index contributed by atoms with van der Waals surface area (Å²) >= 11 is 12.2. The largest absolute Gasteiger partial charge is 0.385 e. The van der Waals surface area contributed by atoms with Gasteiger partial charge in [-0.05, 0) is 32.9 Å². The van der Waals surface area contributed by atoms with Crippen LogP contribution < -0.4 is 0 Å². The van der Waals surface area contributed by atoms with E-state index in [-0.39, 0.29) is 0 Å². The Balaban J connectivity index is 2.35. The number of rotatable bonds is 1. The van der Waals surface area contributed by atoms with Crippen LogP contribution >= 0.6 is 23.2 Å². The quantitative estimate of drug-likeness (QED) is 0.849. The van der Waals surface area contributed by atoms with Crippen LogP contribution in [-0.4, -0.2) is 29.6 Å². The number of nitrogens with zero attached hydrogens (tertiary/aromatic N) is 1. The Kier molecular flexibility index (Phi) is 3.69. The van der Waals surface area contributed by atoms with E-state index in [2.05, 4.69) is 18.9 Å². The molecule has 1 fully saturated rings. The molecule has 17 heavy (non-hydrogen) atoms. The maximum atomic E-state index is 10.8. The van der Waals surface area contributed by atoms with Crippen molar-refractivity contribution in [3.63, 3.8) is 0 Å². The molecule has 94 valence electrons. The Bertz CT molecular complexity index is 424. The number of hydrogen-bond acceptors (Lipinski definition) is 2. The molecular weight excluding hydrogens is 257 g/mol. The second kappa shape index (κ2) is 4.77. The first-order chi connectivity index (χ1) is 7.94. The van der Waals surface area contributed by atoms with Gasteiger partial charge in [0.25, 0.3) is 0 Å². The number of hydrogen-bond donors (Lipinski definition) is 1. The van der Waals surface area contributed by atoms with Gasteiger partial charge >= 0.3 is 0 Å². The van der Waals surface area contributed by atoms with Crippen LogP contribution in [0.25, 0.3) is 0 Å². The second-order valence-electron chi connectivity index (χ2n) is 4.92. The summed E-state index contributed by atoms with van der Waals surface area (Å²) in [5.41, 5.74) is -0.0971. The molecule has 0 saturated carbocycles. The summed E-state index contributed by atoms with van der Waals surface area (Å²) in [6, 6.07) is 5.79. The minimum absolute atomic E-state index is 0.337. The van der Waals surface area contributed by atoms with E-state index in [0.29, 0.717) is 28.9 Å². The average Bonchev–Trinajstić information content (AvgIpc) is 2.28. The molecule has 2 rings (SSSR count). The molecule has 1 aromatic rings. The Labute approximate surface area is 112 Å². The zero-order valence-corrected chi connectivity index (χ0v) is 11.6. The zero-order valence-electron chi connectivity index (χ0n) is 10.1. The van der Waals surface area contributed by atoms with Crippen LogP contribution in [0.15, 0.2) is 18.2 Å². The SMILES string of the molecule is CC1CC(O)(c2cccc(Cl)c2Cl)CCN1C. The second-order valence-corrected chi connectivity index (χ2v) is 5.70. The summed E-state index contributed by atoms with van der Waals surface area (Å²) in [5, 5.41) is 11.8. The molecule has 1 saturated heterocycles. The van der Waals surface area contributed by atoms with Crippen LogP contribution in [0.1, 0.15) is 25.3 Å². The fourth-order valence-electron chi connectivity index (χ4n) is 2.44. The zero-order chi connectivity index (χ0) is 12.6. The van der Waals surface area contributed by atoms with Gasteiger partial charge < -0.3 is 10.0 Å². The molecule has 0 radical (unpaired) electrons. The fraction of sp³-hybridized carbons (Fsp3) is 0.538. The van der Waals surface area contributed by atoms with Gasteiger partial charge in [0, 0.05) is 18.2 Å². The maximum absolute atomic E-state index is 10.8. The van der Waals surface area contributed by atoms with Gasteiger partial charge in [-0.3, -0.25) is 0 Å². The molecule has 0 spiro atoms. The molecule has 0 aromatic heterocycles. The fourth-order valence-corrected chi connectivity index (χ4v) is 2.91. The van der Waals surface area contributed by atoms with E-state index in [9.17, 15) is 5.11 Å². The van der Waals surface area contributed by atoms with E-state index in [1.807, 2.05) is 12.1 Å². The molecule has 2 unspecified atom stereocenters. The highest BCUT2D eigenvalue weighted by molar-refractivity contribution is 6.42. The molecule has 1 aliphatic rings. The number of piperidine rings is 1. The lowest BCUT2D eigenvalue weighted by Gasteiger charge is -2.41. The smallest absolute Gasteiger partial charge is 0.0938 e. The van der Waals surface area contributed by atoms with E-state index in [0.717, 1.165) is 12.1 Å². The molecule has 1 N–H and O–H groups in total. The van der Waals surface area contributed by atoms with Crippen LogP contribution in [0.2, 0.25) is 10.0 Å². The van der Waals surface area contributed by atoms with E-state index in [4.69, 9.17) is 23.2 Å². The molecular formula is C13H17Cl2NO. The third-order valence-corrected chi connectivity index (χ3v) is 4.54. The van der Waals surface area contributed by atoms with Crippen molar-refractivity contribution in [2.75, 3.05) is 13.6 Å². The average molecular weight is 274 g/mol. The molecule has 0 amide bonds. The molecule has 1 aliphatic heterocycles. The lowest BCUT2D eigenvalue weighted by atomic mass is 9.81. The van der Waals surface area contributed by atoms with Crippen molar-refractivity contribution in [2.45, 2.75) is 31.4 Å². The Hall–Kier alpha value is -0.280. The normalized spacial score (nSPS) is 30.5. The minimum Gasteiger partial charge on any atom is -0.385 e. The highest BCUT2D eigenvalue weighted by Crippen LogP contribution is 2.40. The first-order valence-corrected chi connectivity index (χ1v) is 6.57. The molecule has 0 bridgehead atoms. The van der Waals surface area contributed by atoms with Gasteiger partial charge in [0.2, 0.25) is 0 Å². The summed E-state index contributed by atoms with van der Waals surface area (Å²) < 4.78 is 0. The van der Waals surface area contributed by atoms with Gasteiger partial charge in [-0.25, -0.2) is 0 Å². The Morgan fingerprint density at radius 2 is 2.12 bits per heavy atom. The van der Waals surface area contributed by atoms with Crippen molar-refractivity contribution in [3.05, 3.63) is 33.8 Å². The third kappa shape index (κ3) is 2.45. The lowest BCUT2D eigenvalue weighted by Crippen LogP contribution is -2.46. The van der Waals surface area contributed by atoms with Crippen molar-refractivity contribution < 1.29 is 5.11 Å². The number of likely N-dealkylation sites (tertiary alicyclic amines) is 1. The van der Waals surface area contributed by atoms with Crippen LogP contribution in [0.3, 0.4) is 0 Å². The highest BCUT2D eigenvalue weighted by atomic mass is 35.5. The topological polar surface area (TPSA) is 23.5 Å². The molecule has 1 aromatic carbocycles. The van der Waals surface area contributed by atoms with Crippen molar-refractivity contribution in [3.8, 4) is 0 Å². The molecule has 4 heteroatoms. The summed E-state index contributed by atoms with van der Waals surface area (Å²) in [6.07, 6.45) is 1.37. The number of aliphatic hydroxyl groups is 1. The first kappa shape index (κ1) is 13.2. The Morgan fingerprint density at radius 1 is 1.41 bits per heavy atom. The van der Waals surface area contributed by atoms with Gasteiger partial charge in [0.05, 0.1) is 15.6 Å². The molecule has 2 atom stereocenters. The minimum atomic E-state index is -0.853. The van der Waals surface area contributed by atoms with E-state index in [1.165, 1.54) is 0 Å². The third-order valence-electron chi connectivity index (χ3n) is 3.72. The number of halogens is 2. The Morgan fingerprint density at radius 3 is 2.76 bits per heavy atom. The van der Waals surface area contributed by atoms with Gasteiger partial charge in [0.1, 0.15) is 0 Å². The van der Waals surface area contributed by atoms with Crippen LogP contribution in [0.4, 0.5) is 0 Å². The van der Waals surface area contributed by atoms with E-state index in [1.54, 1.807) is 6.07 Å². The van der Waals surface area contributed by atoms with E-state index >= 15 is 0 Å². The summed E-state index contributed by atoms with van der Waals surface area (Å²) in [5.74, 6) is 0. The van der Waals surface area contributed by atoms with Crippen LogP contribution in [-0.2, 0) is 5.60 Å². The standard InChI is InChI=1S/C13H17Cl2NO/c1-9-8-13(17,6-7-16(9)2)10-4-3-5-11(14)12(10)15/h3-5,9,17H,6-8H2,1-2H3. The van der Waals surface area contributed by atoms with E-state index < -0.39 is 5.60 Å². The van der Waals surface area contributed by atoms with Gasteiger partial charge in [0.15, 0.2) is 0 Å². The number of benzene rings is 1.